The van der Waals surface area contributed by atoms with E-state index in [1.54, 1.807) is 0 Å². The second kappa shape index (κ2) is 8.30. The smallest absolute Gasteiger partial charge is 0.328 e. The SMILES string of the molecule is COC(=O)[C@@H](Cc1ccccc1)NC(=O)N1CCN(S(C)(=O)=O)CC1. The first-order valence-electron chi connectivity index (χ1n) is 7.93. The molecular formula is C16H23N3O5S. The van der Waals surface area contributed by atoms with Gasteiger partial charge in [0.15, 0.2) is 0 Å². The molecule has 1 heterocycles. The maximum absolute atomic E-state index is 12.4. The van der Waals surface area contributed by atoms with Gasteiger partial charge in [0.25, 0.3) is 0 Å². The molecule has 0 radical (unpaired) electrons. The fraction of sp³-hybridized carbons (Fsp3) is 0.500. The zero-order valence-electron chi connectivity index (χ0n) is 14.3. The van der Waals surface area contributed by atoms with Crippen molar-refractivity contribution in [1.82, 2.24) is 14.5 Å². The van der Waals surface area contributed by atoms with Crippen molar-refractivity contribution in [1.29, 1.82) is 0 Å². The lowest BCUT2D eigenvalue weighted by molar-refractivity contribution is -0.142. The molecule has 1 fully saturated rings. The van der Waals surface area contributed by atoms with E-state index in [0.29, 0.717) is 6.42 Å². The molecule has 9 heteroatoms. The molecule has 1 aliphatic heterocycles. The van der Waals surface area contributed by atoms with Crippen LogP contribution in [-0.4, -0.2) is 75.2 Å². The average Bonchev–Trinajstić information content (AvgIpc) is 2.60. The van der Waals surface area contributed by atoms with Crippen LogP contribution >= 0.6 is 0 Å². The Morgan fingerprint density at radius 3 is 2.28 bits per heavy atom. The molecule has 2 amide bonds. The van der Waals surface area contributed by atoms with Gasteiger partial charge in [0.2, 0.25) is 10.0 Å². The molecule has 0 aliphatic carbocycles. The van der Waals surface area contributed by atoms with E-state index in [4.69, 9.17) is 4.74 Å². The topological polar surface area (TPSA) is 96.0 Å². The maximum Gasteiger partial charge on any atom is 0.328 e. The third-order valence-corrected chi connectivity index (χ3v) is 5.36. The Bertz CT molecular complexity index is 700. The molecule has 2 rings (SSSR count). The monoisotopic (exact) mass is 369 g/mol. The number of hydrogen-bond acceptors (Lipinski definition) is 5. The Morgan fingerprint density at radius 2 is 1.76 bits per heavy atom. The Morgan fingerprint density at radius 1 is 1.16 bits per heavy atom. The fourth-order valence-corrected chi connectivity index (χ4v) is 3.48. The van der Waals surface area contributed by atoms with E-state index in [1.165, 1.54) is 16.3 Å². The number of rotatable bonds is 5. The number of hydrogen-bond donors (Lipinski definition) is 1. The van der Waals surface area contributed by atoms with Crippen LogP contribution in [0.4, 0.5) is 4.79 Å². The Balaban J connectivity index is 1.97. The van der Waals surface area contributed by atoms with Crippen molar-refractivity contribution in [2.75, 3.05) is 39.5 Å². The van der Waals surface area contributed by atoms with Crippen LogP contribution < -0.4 is 5.32 Å². The minimum absolute atomic E-state index is 0.244. The van der Waals surface area contributed by atoms with Crippen LogP contribution in [0.1, 0.15) is 5.56 Å². The number of methoxy groups -OCH3 is 1. The predicted octanol–water partition coefficient (Wildman–Crippen LogP) is 0.0575. The number of ether oxygens (including phenoxy) is 1. The largest absolute Gasteiger partial charge is 0.467 e. The first kappa shape index (κ1) is 19.2. The van der Waals surface area contributed by atoms with Crippen LogP contribution in [-0.2, 0) is 26.0 Å². The highest BCUT2D eigenvalue weighted by atomic mass is 32.2. The molecule has 1 N–H and O–H groups in total. The predicted molar refractivity (Wildman–Crippen MR) is 92.5 cm³/mol. The van der Waals surface area contributed by atoms with Gasteiger partial charge in [-0.2, -0.15) is 4.31 Å². The number of amides is 2. The van der Waals surface area contributed by atoms with E-state index in [2.05, 4.69) is 5.32 Å². The lowest BCUT2D eigenvalue weighted by atomic mass is 10.1. The lowest BCUT2D eigenvalue weighted by Crippen LogP contribution is -2.55. The lowest BCUT2D eigenvalue weighted by Gasteiger charge is -2.34. The summed E-state index contributed by atoms with van der Waals surface area (Å²) in [5, 5.41) is 2.68. The number of piperazine rings is 1. The van der Waals surface area contributed by atoms with Gasteiger partial charge in [0, 0.05) is 32.6 Å². The Labute approximate surface area is 147 Å². The van der Waals surface area contributed by atoms with Crippen LogP contribution in [0.3, 0.4) is 0 Å². The average molecular weight is 369 g/mol. The van der Waals surface area contributed by atoms with Crippen LogP contribution in [0.25, 0.3) is 0 Å². The van der Waals surface area contributed by atoms with E-state index in [0.717, 1.165) is 11.8 Å². The Hall–Kier alpha value is -2.13. The number of sulfonamides is 1. The third-order valence-electron chi connectivity index (χ3n) is 4.06. The molecule has 0 bridgehead atoms. The van der Waals surface area contributed by atoms with Gasteiger partial charge >= 0.3 is 12.0 Å². The first-order chi connectivity index (χ1) is 11.8. The summed E-state index contributed by atoms with van der Waals surface area (Å²) in [5.41, 5.74) is 0.903. The molecule has 0 unspecified atom stereocenters. The molecule has 1 aromatic rings. The zero-order valence-corrected chi connectivity index (χ0v) is 15.2. The van der Waals surface area contributed by atoms with Crippen molar-refractivity contribution in [3.8, 4) is 0 Å². The highest BCUT2D eigenvalue weighted by Gasteiger charge is 2.29. The summed E-state index contributed by atoms with van der Waals surface area (Å²) >= 11 is 0. The molecule has 1 atom stereocenters. The van der Waals surface area contributed by atoms with Gasteiger partial charge in [-0.15, -0.1) is 0 Å². The normalized spacial score (nSPS) is 17.0. The quantitative estimate of drug-likeness (QED) is 0.741. The number of carbonyl (C=O) groups excluding carboxylic acids is 2. The van der Waals surface area contributed by atoms with Gasteiger partial charge < -0.3 is 15.0 Å². The molecule has 0 aromatic heterocycles. The van der Waals surface area contributed by atoms with Crippen molar-refractivity contribution in [2.45, 2.75) is 12.5 Å². The van der Waals surface area contributed by atoms with Gasteiger partial charge in [-0.05, 0) is 5.56 Å². The second-order valence-corrected chi connectivity index (χ2v) is 7.85. The van der Waals surface area contributed by atoms with Crippen molar-refractivity contribution >= 4 is 22.0 Å². The number of esters is 1. The van der Waals surface area contributed by atoms with Crippen LogP contribution in [0.15, 0.2) is 30.3 Å². The number of carbonyl (C=O) groups is 2. The summed E-state index contributed by atoms with van der Waals surface area (Å²) in [6.07, 6.45) is 1.47. The van der Waals surface area contributed by atoms with Gasteiger partial charge in [-0.1, -0.05) is 30.3 Å². The van der Waals surface area contributed by atoms with Gasteiger partial charge in [-0.3, -0.25) is 0 Å². The van der Waals surface area contributed by atoms with Crippen molar-refractivity contribution < 1.29 is 22.7 Å². The van der Waals surface area contributed by atoms with Gasteiger partial charge in [0.05, 0.1) is 13.4 Å². The van der Waals surface area contributed by atoms with Crippen LogP contribution in [0.5, 0.6) is 0 Å². The maximum atomic E-state index is 12.4. The summed E-state index contributed by atoms with van der Waals surface area (Å²) in [7, 11) is -1.98. The second-order valence-electron chi connectivity index (χ2n) is 5.86. The summed E-state index contributed by atoms with van der Waals surface area (Å²) in [6.45, 7) is 1.04. The summed E-state index contributed by atoms with van der Waals surface area (Å²) < 4.78 is 29.1. The van der Waals surface area contributed by atoms with Crippen molar-refractivity contribution in [3.05, 3.63) is 35.9 Å². The standard InChI is InChI=1S/C16H23N3O5S/c1-24-15(20)14(12-13-6-4-3-5-7-13)17-16(21)18-8-10-19(11-9-18)25(2,22)23/h3-7,14H,8-12H2,1-2H3,(H,17,21)/t14-/m1/s1. The highest BCUT2D eigenvalue weighted by Crippen LogP contribution is 2.08. The molecule has 1 aliphatic rings. The van der Waals surface area contributed by atoms with Gasteiger partial charge in [0.1, 0.15) is 6.04 Å². The summed E-state index contributed by atoms with van der Waals surface area (Å²) in [6, 6.07) is 8.12. The summed E-state index contributed by atoms with van der Waals surface area (Å²) in [4.78, 5) is 25.9. The van der Waals surface area contributed by atoms with Crippen molar-refractivity contribution in [3.63, 3.8) is 0 Å². The fourth-order valence-electron chi connectivity index (χ4n) is 2.65. The van der Waals surface area contributed by atoms with Crippen LogP contribution in [0.2, 0.25) is 0 Å². The van der Waals surface area contributed by atoms with E-state index in [1.807, 2.05) is 30.3 Å². The molecule has 0 saturated carbocycles. The molecule has 8 nitrogen and oxygen atoms in total. The molecule has 25 heavy (non-hydrogen) atoms. The van der Waals surface area contributed by atoms with E-state index >= 15 is 0 Å². The number of nitrogens with one attached hydrogen (secondary N) is 1. The number of urea groups is 1. The first-order valence-corrected chi connectivity index (χ1v) is 9.78. The van der Waals surface area contributed by atoms with E-state index in [-0.39, 0.29) is 26.2 Å². The minimum Gasteiger partial charge on any atom is -0.467 e. The minimum atomic E-state index is -3.26. The van der Waals surface area contributed by atoms with E-state index < -0.39 is 28.1 Å². The number of nitrogens with zero attached hydrogens (tertiary/aromatic N) is 2. The van der Waals surface area contributed by atoms with Gasteiger partial charge in [-0.25, -0.2) is 18.0 Å². The molecule has 1 aromatic carbocycles. The molecule has 1 saturated heterocycles. The molecule has 138 valence electrons. The van der Waals surface area contributed by atoms with E-state index in [9.17, 15) is 18.0 Å². The third kappa shape index (κ3) is 5.43. The number of benzene rings is 1. The molecule has 0 spiro atoms. The summed E-state index contributed by atoms with van der Waals surface area (Å²) in [5.74, 6) is -0.521. The van der Waals surface area contributed by atoms with Crippen LogP contribution in [0, 0.1) is 0 Å². The molecular weight excluding hydrogens is 346 g/mol. The van der Waals surface area contributed by atoms with Crippen molar-refractivity contribution in [2.24, 2.45) is 0 Å². The highest BCUT2D eigenvalue weighted by molar-refractivity contribution is 7.88. The zero-order chi connectivity index (χ0) is 18.4. The Kier molecular flexibility index (Phi) is 6.38.